The molecule has 4 nitrogen and oxygen atoms in total. The molecule has 0 unspecified atom stereocenters. The lowest BCUT2D eigenvalue weighted by molar-refractivity contribution is 0.415. The number of nitrogens with one attached hydrogen (secondary N) is 1. The highest BCUT2D eigenvalue weighted by molar-refractivity contribution is 7.99. The van der Waals surface area contributed by atoms with Crippen molar-refractivity contribution in [2.45, 2.75) is 18.6 Å². The Balaban J connectivity index is 2.58. The quantitative estimate of drug-likeness (QED) is 0.636. The zero-order chi connectivity index (χ0) is 13.6. The number of rotatable bonds is 5. The van der Waals surface area contributed by atoms with Gasteiger partial charge in [0.25, 0.3) is 0 Å². The second kappa shape index (κ2) is 6.54. The van der Waals surface area contributed by atoms with Gasteiger partial charge in [0.05, 0.1) is 13.7 Å². The molecule has 0 heterocycles. The average Bonchev–Trinajstić information content (AvgIpc) is 2.37. The van der Waals surface area contributed by atoms with Gasteiger partial charge in [-0.15, -0.1) is 0 Å². The first-order valence-corrected chi connectivity index (χ1v) is 6.95. The summed E-state index contributed by atoms with van der Waals surface area (Å²) in [6.07, 6.45) is 2.07. The Kier molecular flexibility index (Phi) is 5.34. The largest absolute Gasteiger partial charge is 0.497 e. The maximum atomic E-state index is 5.84. The number of benzene rings is 1. The van der Waals surface area contributed by atoms with Gasteiger partial charge in [-0.2, -0.15) is 11.8 Å². The van der Waals surface area contributed by atoms with Crippen LogP contribution in [0.15, 0.2) is 29.3 Å². The van der Waals surface area contributed by atoms with Crippen molar-refractivity contribution < 1.29 is 4.74 Å². The van der Waals surface area contributed by atoms with Crippen molar-refractivity contribution in [3.8, 4) is 5.75 Å². The van der Waals surface area contributed by atoms with Crippen LogP contribution in [0.3, 0.4) is 0 Å². The Bertz CT molecular complexity index is 401. The summed E-state index contributed by atoms with van der Waals surface area (Å²) in [6, 6.07) is 7.56. The monoisotopic (exact) mass is 267 g/mol. The number of hydrogen-bond acceptors (Lipinski definition) is 3. The van der Waals surface area contributed by atoms with Crippen molar-refractivity contribution in [1.82, 2.24) is 0 Å². The molecule has 0 aliphatic carbocycles. The fourth-order valence-corrected chi connectivity index (χ4v) is 1.40. The molecule has 0 aliphatic rings. The lowest BCUT2D eigenvalue weighted by atomic mass is 10.2. The molecule has 0 radical (unpaired) electrons. The van der Waals surface area contributed by atoms with Crippen molar-refractivity contribution in [2.24, 2.45) is 10.7 Å². The number of nitrogens with two attached hydrogens (primary N) is 1. The SMILES string of the molecule is COc1ccc(NC(N)=NCC(C)(C)SC)cc1. The van der Waals surface area contributed by atoms with Crippen molar-refractivity contribution >= 4 is 23.4 Å². The predicted octanol–water partition coefficient (Wildman–Crippen LogP) is 2.56. The van der Waals surface area contributed by atoms with Crippen molar-refractivity contribution in [2.75, 3.05) is 25.2 Å². The first kappa shape index (κ1) is 14.7. The maximum Gasteiger partial charge on any atom is 0.193 e. The molecule has 0 aromatic heterocycles. The lowest BCUT2D eigenvalue weighted by Crippen LogP contribution is -2.27. The Hall–Kier alpha value is -1.36. The van der Waals surface area contributed by atoms with Gasteiger partial charge in [0.2, 0.25) is 0 Å². The fraction of sp³-hybridized carbons (Fsp3) is 0.462. The Morgan fingerprint density at radius 1 is 1.39 bits per heavy atom. The summed E-state index contributed by atoms with van der Waals surface area (Å²) in [4.78, 5) is 4.34. The van der Waals surface area contributed by atoms with Crippen LogP contribution < -0.4 is 15.8 Å². The third kappa shape index (κ3) is 4.87. The summed E-state index contributed by atoms with van der Waals surface area (Å²) >= 11 is 1.77. The van der Waals surface area contributed by atoms with Crippen LogP contribution in [0.2, 0.25) is 0 Å². The average molecular weight is 267 g/mol. The summed E-state index contributed by atoms with van der Waals surface area (Å²) in [5.41, 5.74) is 6.74. The number of anilines is 1. The molecule has 3 N–H and O–H groups in total. The summed E-state index contributed by atoms with van der Waals surface area (Å²) < 4.78 is 5.19. The molecule has 0 saturated carbocycles. The van der Waals surface area contributed by atoms with Crippen LogP contribution in [0.25, 0.3) is 0 Å². The molecule has 0 spiro atoms. The number of guanidine groups is 1. The van der Waals surface area contributed by atoms with E-state index in [-0.39, 0.29) is 4.75 Å². The number of nitrogens with zero attached hydrogens (tertiary/aromatic N) is 1. The van der Waals surface area contributed by atoms with Crippen molar-refractivity contribution in [3.05, 3.63) is 24.3 Å². The molecule has 0 bridgehead atoms. The molecule has 18 heavy (non-hydrogen) atoms. The molecule has 1 aromatic carbocycles. The van der Waals surface area contributed by atoms with E-state index in [4.69, 9.17) is 10.5 Å². The van der Waals surface area contributed by atoms with Gasteiger partial charge < -0.3 is 15.8 Å². The van der Waals surface area contributed by atoms with E-state index >= 15 is 0 Å². The highest BCUT2D eigenvalue weighted by Gasteiger charge is 2.14. The summed E-state index contributed by atoms with van der Waals surface area (Å²) in [5, 5.41) is 3.05. The van der Waals surface area contributed by atoms with Crippen LogP contribution in [-0.4, -0.2) is 30.6 Å². The minimum absolute atomic E-state index is 0.103. The number of hydrogen-bond donors (Lipinski definition) is 2. The van der Waals surface area contributed by atoms with E-state index in [1.54, 1.807) is 18.9 Å². The van der Waals surface area contributed by atoms with Gasteiger partial charge in [0, 0.05) is 10.4 Å². The highest BCUT2D eigenvalue weighted by Crippen LogP contribution is 2.21. The fourth-order valence-electron chi connectivity index (χ4n) is 1.20. The number of ether oxygens (including phenoxy) is 1. The molecule has 100 valence electrons. The molecule has 0 amide bonds. The molecular weight excluding hydrogens is 246 g/mol. The minimum atomic E-state index is 0.103. The van der Waals surface area contributed by atoms with Gasteiger partial charge in [-0.1, -0.05) is 0 Å². The summed E-state index contributed by atoms with van der Waals surface area (Å²) in [6.45, 7) is 4.97. The van der Waals surface area contributed by atoms with Crippen LogP contribution in [0.4, 0.5) is 5.69 Å². The van der Waals surface area contributed by atoms with E-state index in [1.165, 1.54) is 0 Å². The zero-order valence-electron chi connectivity index (χ0n) is 11.4. The van der Waals surface area contributed by atoms with E-state index in [0.717, 1.165) is 11.4 Å². The predicted molar refractivity (Wildman–Crippen MR) is 80.7 cm³/mol. The number of thioether (sulfide) groups is 1. The molecule has 0 fully saturated rings. The van der Waals surface area contributed by atoms with E-state index in [0.29, 0.717) is 12.5 Å². The summed E-state index contributed by atoms with van der Waals surface area (Å²) in [5.74, 6) is 1.25. The van der Waals surface area contributed by atoms with Crippen LogP contribution in [0.1, 0.15) is 13.8 Å². The number of aliphatic imine (C=N–C) groups is 1. The second-order valence-corrected chi connectivity index (χ2v) is 6.03. The smallest absolute Gasteiger partial charge is 0.193 e. The van der Waals surface area contributed by atoms with Gasteiger partial charge in [0.1, 0.15) is 5.75 Å². The zero-order valence-corrected chi connectivity index (χ0v) is 12.2. The molecule has 5 heteroatoms. The van der Waals surface area contributed by atoms with Crippen LogP contribution in [0, 0.1) is 0 Å². The Labute approximate surface area is 113 Å². The number of methoxy groups -OCH3 is 1. The lowest BCUT2D eigenvalue weighted by Gasteiger charge is -2.19. The first-order valence-electron chi connectivity index (χ1n) is 5.73. The maximum absolute atomic E-state index is 5.84. The van der Waals surface area contributed by atoms with Gasteiger partial charge in [-0.05, 0) is 44.4 Å². The second-order valence-electron chi connectivity index (χ2n) is 4.52. The molecule has 1 aromatic rings. The van der Waals surface area contributed by atoms with E-state index in [9.17, 15) is 0 Å². The van der Waals surface area contributed by atoms with Crippen LogP contribution in [0.5, 0.6) is 5.75 Å². The minimum Gasteiger partial charge on any atom is -0.497 e. The van der Waals surface area contributed by atoms with Gasteiger partial charge in [-0.3, -0.25) is 4.99 Å². The Morgan fingerprint density at radius 2 is 2.00 bits per heavy atom. The normalized spacial score (nSPS) is 12.3. The molecule has 0 saturated heterocycles. The van der Waals surface area contributed by atoms with Crippen LogP contribution >= 0.6 is 11.8 Å². The summed E-state index contributed by atoms with van der Waals surface area (Å²) in [7, 11) is 1.64. The molecule has 0 atom stereocenters. The Morgan fingerprint density at radius 3 is 2.50 bits per heavy atom. The van der Waals surface area contributed by atoms with Crippen molar-refractivity contribution in [1.29, 1.82) is 0 Å². The van der Waals surface area contributed by atoms with Crippen molar-refractivity contribution in [3.63, 3.8) is 0 Å². The first-order chi connectivity index (χ1) is 8.46. The third-order valence-corrected chi connectivity index (χ3v) is 3.78. The third-order valence-electron chi connectivity index (χ3n) is 2.55. The van der Waals surface area contributed by atoms with E-state index in [1.807, 2.05) is 24.3 Å². The topological polar surface area (TPSA) is 59.6 Å². The standard InChI is InChI=1S/C13H21N3OS/c1-13(2,18-4)9-15-12(14)16-10-5-7-11(17-3)8-6-10/h5-8H,9H2,1-4H3,(H3,14,15,16). The van der Waals surface area contributed by atoms with Gasteiger partial charge in [0.15, 0.2) is 5.96 Å². The molecule has 0 aliphatic heterocycles. The molecular formula is C13H21N3OS. The highest BCUT2D eigenvalue weighted by atomic mass is 32.2. The van der Waals surface area contributed by atoms with E-state index < -0.39 is 0 Å². The molecule has 1 rings (SSSR count). The van der Waals surface area contributed by atoms with E-state index in [2.05, 4.69) is 30.4 Å². The van der Waals surface area contributed by atoms with Gasteiger partial charge in [-0.25, -0.2) is 0 Å². The van der Waals surface area contributed by atoms with Gasteiger partial charge >= 0.3 is 0 Å². The van der Waals surface area contributed by atoms with Crippen LogP contribution in [-0.2, 0) is 0 Å².